The lowest BCUT2D eigenvalue weighted by atomic mass is 10.2. The largest absolute Gasteiger partial charge is 0.332 e. The van der Waals surface area contributed by atoms with Crippen LogP contribution in [0.4, 0.5) is 17.1 Å². The first-order valence-corrected chi connectivity index (χ1v) is 3.99. The Labute approximate surface area is 80.0 Å². The number of rotatable bonds is 1. The molecule has 6 nitrogen and oxygen atoms in total. The van der Waals surface area contributed by atoms with Crippen LogP contribution in [0.1, 0.15) is 0 Å². The minimum absolute atomic E-state index is 0.0766. The Bertz CT molecular complexity index is 416. The third kappa shape index (κ3) is 1.26. The molecular formula is C8H8N4O2. The fourth-order valence-corrected chi connectivity index (χ4v) is 1.27. The summed E-state index contributed by atoms with van der Waals surface area (Å²) in [5, 5.41) is 14.4. The van der Waals surface area contributed by atoms with Crippen molar-refractivity contribution in [2.24, 2.45) is 5.10 Å². The maximum atomic E-state index is 10.5. The lowest BCUT2D eigenvalue weighted by Gasteiger charge is -2.20. The van der Waals surface area contributed by atoms with E-state index in [2.05, 4.69) is 10.5 Å². The SMILES string of the molecule is CN1C=NNc2ccc([N+](=O)[O-])cc21. The van der Waals surface area contributed by atoms with Crippen LogP contribution in [0.15, 0.2) is 23.3 Å². The summed E-state index contributed by atoms with van der Waals surface area (Å²) in [7, 11) is 1.78. The van der Waals surface area contributed by atoms with E-state index in [-0.39, 0.29) is 5.69 Å². The number of hydrazone groups is 1. The van der Waals surface area contributed by atoms with Crippen LogP contribution in [-0.2, 0) is 0 Å². The lowest BCUT2D eigenvalue weighted by Crippen LogP contribution is -2.20. The highest BCUT2D eigenvalue weighted by atomic mass is 16.6. The van der Waals surface area contributed by atoms with Crippen molar-refractivity contribution in [2.75, 3.05) is 17.4 Å². The Kier molecular flexibility index (Phi) is 1.81. The summed E-state index contributed by atoms with van der Waals surface area (Å²) in [4.78, 5) is 11.8. The highest BCUT2D eigenvalue weighted by molar-refractivity contribution is 5.89. The van der Waals surface area contributed by atoms with Gasteiger partial charge in [-0.3, -0.25) is 15.5 Å². The number of nitrogens with zero attached hydrogens (tertiary/aromatic N) is 3. The number of nitro groups is 1. The molecule has 6 heteroatoms. The Hall–Kier alpha value is -2.11. The van der Waals surface area contributed by atoms with Crippen LogP contribution < -0.4 is 10.3 Å². The summed E-state index contributed by atoms with van der Waals surface area (Å²) in [5.74, 6) is 0. The minimum atomic E-state index is -0.417. The van der Waals surface area contributed by atoms with Crippen LogP contribution in [0.5, 0.6) is 0 Å². The molecule has 0 aromatic heterocycles. The van der Waals surface area contributed by atoms with Gasteiger partial charge in [0.25, 0.3) is 5.69 Å². The van der Waals surface area contributed by atoms with Gasteiger partial charge in [0, 0.05) is 19.2 Å². The Morgan fingerprint density at radius 2 is 2.36 bits per heavy atom. The predicted octanol–water partition coefficient (Wildman–Crippen LogP) is 1.40. The van der Waals surface area contributed by atoms with E-state index in [0.29, 0.717) is 0 Å². The number of non-ortho nitro benzene ring substituents is 1. The minimum Gasteiger partial charge on any atom is -0.332 e. The van der Waals surface area contributed by atoms with Gasteiger partial charge in [0.1, 0.15) is 6.34 Å². The van der Waals surface area contributed by atoms with Crippen molar-refractivity contribution < 1.29 is 4.92 Å². The molecule has 0 aliphatic carbocycles. The van der Waals surface area contributed by atoms with Gasteiger partial charge in [-0.05, 0) is 6.07 Å². The molecule has 0 bridgehead atoms. The zero-order chi connectivity index (χ0) is 10.1. The summed E-state index contributed by atoms with van der Waals surface area (Å²) in [6, 6.07) is 4.59. The molecular weight excluding hydrogens is 184 g/mol. The van der Waals surface area contributed by atoms with E-state index in [1.807, 2.05) is 0 Å². The van der Waals surface area contributed by atoms with Gasteiger partial charge >= 0.3 is 0 Å². The molecule has 1 aromatic carbocycles. The molecule has 1 aliphatic heterocycles. The van der Waals surface area contributed by atoms with Gasteiger partial charge in [0.15, 0.2) is 0 Å². The molecule has 1 heterocycles. The quantitative estimate of drug-likeness (QED) is 0.539. The number of nitrogens with one attached hydrogen (secondary N) is 1. The molecule has 0 fully saturated rings. The monoisotopic (exact) mass is 192 g/mol. The van der Waals surface area contributed by atoms with Gasteiger partial charge < -0.3 is 4.90 Å². The molecule has 0 saturated heterocycles. The van der Waals surface area contributed by atoms with Gasteiger partial charge in [-0.15, -0.1) is 0 Å². The van der Waals surface area contributed by atoms with Gasteiger partial charge in [-0.1, -0.05) is 0 Å². The normalized spacial score (nSPS) is 13.4. The summed E-state index contributed by atoms with van der Waals surface area (Å²) in [6.07, 6.45) is 1.56. The molecule has 0 amide bonds. The van der Waals surface area contributed by atoms with Crippen molar-refractivity contribution in [2.45, 2.75) is 0 Å². The van der Waals surface area contributed by atoms with Gasteiger partial charge in [-0.2, -0.15) is 5.10 Å². The first-order valence-electron chi connectivity index (χ1n) is 3.99. The lowest BCUT2D eigenvalue weighted by molar-refractivity contribution is -0.384. The molecule has 0 unspecified atom stereocenters. The van der Waals surface area contributed by atoms with Crippen LogP contribution in [0.3, 0.4) is 0 Å². The molecule has 1 N–H and O–H groups in total. The number of fused-ring (bicyclic) bond motifs is 1. The summed E-state index contributed by atoms with van der Waals surface area (Å²) in [6.45, 7) is 0. The summed E-state index contributed by atoms with van der Waals surface area (Å²) >= 11 is 0. The number of anilines is 2. The van der Waals surface area contributed by atoms with Gasteiger partial charge in [0.2, 0.25) is 0 Å². The molecule has 72 valence electrons. The van der Waals surface area contributed by atoms with E-state index < -0.39 is 4.92 Å². The van der Waals surface area contributed by atoms with E-state index in [0.717, 1.165) is 11.4 Å². The van der Waals surface area contributed by atoms with Gasteiger partial charge in [-0.25, -0.2) is 0 Å². The van der Waals surface area contributed by atoms with Crippen LogP contribution in [-0.4, -0.2) is 18.3 Å². The first kappa shape index (κ1) is 8.49. The number of hydrogen-bond donors (Lipinski definition) is 1. The fourth-order valence-electron chi connectivity index (χ4n) is 1.27. The second-order valence-electron chi connectivity index (χ2n) is 2.93. The zero-order valence-corrected chi connectivity index (χ0v) is 7.47. The van der Waals surface area contributed by atoms with Crippen LogP contribution in [0.25, 0.3) is 0 Å². The average Bonchev–Trinajstić information content (AvgIpc) is 2.18. The Morgan fingerprint density at radius 3 is 3.07 bits per heavy atom. The second kappa shape index (κ2) is 2.99. The molecule has 0 radical (unpaired) electrons. The van der Waals surface area contributed by atoms with Crippen molar-refractivity contribution in [3.8, 4) is 0 Å². The highest BCUT2D eigenvalue weighted by Crippen LogP contribution is 2.30. The number of nitro benzene ring substituents is 1. The molecule has 1 aromatic rings. The van der Waals surface area contributed by atoms with Crippen molar-refractivity contribution in [3.05, 3.63) is 28.3 Å². The third-order valence-electron chi connectivity index (χ3n) is 1.99. The van der Waals surface area contributed by atoms with Crippen molar-refractivity contribution in [1.82, 2.24) is 0 Å². The summed E-state index contributed by atoms with van der Waals surface area (Å²) in [5.41, 5.74) is 4.35. The van der Waals surface area contributed by atoms with Crippen LogP contribution in [0, 0.1) is 10.1 Å². The number of benzene rings is 1. The first-order chi connectivity index (χ1) is 6.68. The maximum absolute atomic E-state index is 10.5. The Balaban J connectivity index is 2.49. The van der Waals surface area contributed by atoms with E-state index >= 15 is 0 Å². The molecule has 2 rings (SSSR count). The van der Waals surface area contributed by atoms with Crippen molar-refractivity contribution in [1.29, 1.82) is 0 Å². The smallest absolute Gasteiger partial charge is 0.271 e. The van der Waals surface area contributed by atoms with E-state index in [1.165, 1.54) is 12.1 Å². The maximum Gasteiger partial charge on any atom is 0.271 e. The van der Waals surface area contributed by atoms with Crippen LogP contribution >= 0.6 is 0 Å². The molecule has 0 saturated carbocycles. The highest BCUT2D eigenvalue weighted by Gasteiger charge is 2.14. The predicted molar refractivity (Wildman–Crippen MR) is 53.6 cm³/mol. The second-order valence-corrected chi connectivity index (χ2v) is 2.93. The average molecular weight is 192 g/mol. The number of hydrogen-bond acceptors (Lipinski definition) is 5. The standard InChI is InChI=1S/C8H8N4O2/c1-11-5-9-10-7-3-2-6(12(13)14)4-8(7)11/h2-5,10H,1H3. The van der Waals surface area contributed by atoms with E-state index in [9.17, 15) is 10.1 Å². The van der Waals surface area contributed by atoms with E-state index in [1.54, 1.807) is 24.4 Å². The molecule has 1 aliphatic rings. The van der Waals surface area contributed by atoms with E-state index in [4.69, 9.17) is 0 Å². The van der Waals surface area contributed by atoms with Crippen molar-refractivity contribution >= 4 is 23.4 Å². The zero-order valence-electron chi connectivity index (χ0n) is 7.47. The molecule has 14 heavy (non-hydrogen) atoms. The Morgan fingerprint density at radius 1 is 1.57 bits per heavy atom. The topological polar surface area (TPSA) is 70.8 Å². The van der Waals surface area contributed by atoms with Gasteiger partial charge in [0.05, 0.1) is 16.3 Å². The van der Waals surface area contributed by atoms with Crippen LogP contribution in [0.2, 0.25) is 0 Å². The van der Waals surface area contributed by atoms with Crippen molar-refractivity contribution in [3.63, 3.8) is 0 Å². The summed E-state index contributed by atoms with van der Waals surface area (Å²) < 4.78 is 0. The fraction of sp³-hybridized carbons (Fsp3) is 0.125. The molecule has 0 atom stereocenters. The third-order valence-corrected chi connectivity index (χ3v) is 1.99. The molecule has 0 spiro atoms.